The number of phenolic OH excluding ortho intramolecular Hbond substituents is 2. The Bertz CT molecular complexity index is 1710. The maximum absolute atomic E-state index is 13.8. The molecule has 15 nitrogen and oxygen atoms in total. The zero-order chi connectivity index (χ0) is 32.4. The van der Waals surface area contributed by atoms with Crippen LogP contribution in [-0.2, 0) is 11.3 Å². The fourth-order valence-corrected chi connectivity index (χ4v) is 5.44. The molecule has 0 bridgehead atoms. The van der Waals surface area contributed by atoms with E-state index in [1.807, 2.05) is 4.90 Å². The van der Waals surface area contributed by atoms with Crippen molar-refractivity contribution in [3.05, 3.63) is 74.3 Å². The van der Waals surface area contributed by atoms with Crippen LogP contribution in [0.2, 0.25) is 0 Å². The number of aliphatic hydroxyl groups is 1. The molecule has 5 rings (SSSR count). The Morgan fingerprint density at radius 3 is 2.42 bits per heavy atom. The van der Waals surface area contributed by atoms with Gasteiger partial charge in [0.15, 0.2) is 0 Å². The van der Waals surface area contributed by atoms with E-state index in [1.165, 1.54) is 37.3 Å². The highest BCUT2D eigenvalue weighted by Crippen LogP contribution is 2.46. The summed E-state index contributed by atoms with van der Waals surface area (Å²) in [6.07, 6.45) is -0.691. The van der Waals surface area contributed by atoms with E-state index in [9.17, 15) is 39.8 Å². The number of likely N-dealkylation sites (N-methyl/N-ethyl adjacent to an activating group) is 1. The number of nitro groups is 1. The minimum atomic E-state index is -0.691. The van der Waals surface area contributed by atoms with Crippen LogP contribution in [0, 0.1) is 10.1 Å². The molecule has 5 N–H and O–H groups in total. The number of hydrogen-bond donors (Lipinski definition) is 5. The van der Waals surface area contributed by atoms with Crippen LogP contribution in [0.4, 0.5) is 27.5 Å². The first-order chi connectivity index (χ1) is 21.6. The van der Waals surface area contributed by atoms with Gasteiger partial charge in [-0.15, -0.1) is 0 Å². The molecule has 0 saturated heterocycles. The van der Waals surface area contributed by atoms with Gasteiger partial charge in [0, 0.05) is 57.1 Å². The molecule has 1 aliphatic carbocycles. The number of benzene rings is 3. The second-order valence-corrected chi connectivity index (χ2v) is 10.4. The summed E-state index contributed by atoms with van der Waals surface area (Å²) in [4.78, 5) is 53.9. The number of carbonyl (C=O) groups excluding carboxylic acids is 3. The van der Waals surface area contributed by atoms with Crippen LogP contribution in [0.25, 0.3) is 0 Å². The van der Waals surface area contributed by atoms with Gasteiger partial charge in [-0.05, 0) is 24.3 Å². The second-order valence-electron chi connectivity index (χ2n) is 10.4. The molecule has 0 unspecified atom stereocenters. The maximum Gasteiger partial charge on any atom is 0.409 e. The molecule has 15 heteroatoms. The molecule has 0 atom stereocenters. The third-order valence-corrected chi connectivity index (χ3v) is 7.68. The van der Waals surface area contributed by atoms with Crippen LogP contribution in [0.3, 0.4) is 0 Å². The number of carbonyl (C=O) groups is 3. The number of methoxy groups -OCH3 is 1. The number of ketones is 2. The van der Waals surface area contributed by atoms with Gasteiger partial charge in [-0.3, -0.25) is 19.7 Å². The summed E-state index contributed by atoms with van der Waals surface area (Å²) in [5, 5.41) is 48.0. The van der Waals surface area contributed by atoms with Gasteiger partial charge in [0.2, 0.25) is 11.6 Å². The SMILES string of the molecule is COc1cc([N+](=O)[O-])ccc1COC(=O)N(C)CCNc1cc2c(c3c1C(=O)c1c(O)ccc(O)c1C3=O)NCCN2CCO. The highest BCUT2D eigenvalue weighted by molar-refractivity contribution is 6.34. The molecular weight excluding hydrogens is 590 g/mol. The van der Waals surface area contributed by atoms with E-state index in [0.717, 1.165) is 12.1 Å². The van der Waals surface area contributed by atoms with Crippen molar-refractivity contribution in [1.82, 2.24) is 4.90 Å². The van der Waals surface area contributed by atoms with Gasteiger partial charge in [0.1, 0.15) is 23.9 Å². The lowest BCUT2D eigenvalue weighted by Crippen LogP contribution is -2.38. The van der Waals surface area contributed by atoms with Crippen molar-refractivity contribution in [3.63, 3.8) is 0 Å². The lowest BCUT2D eigenvalue weighted by atomic mass is 9.80. The highest BCUT2D eigenvalue weighted by atomic mass is 16.6. The largest absolute Gasteiger partial charge is 0.507 e. The Labute approximate surface area is 256 Å². The van der Waals surface area contributed by atoms with E-state index < -0.39 is 34.1 Å². The zero-order valence-corrected chi connectivity index (χ0v) is 24.5. The number of anilines is 3. The van der Waals surface area contributed by atoms with E-state index in [2.05, 4.69) is 10.6 Å². The average Bonchev–Trinajstić information content (AvgIpc) is 3.03. The fraction of sp³-hybridized carbons (Fsp3) is 0.300. The molecule has 236 valence electrons. The number of ether oxygens (including phenoxy) is 2. The van der Waals surface area contributed by atoms with E-state index in [-0.39, 0.29) is 72.2 Å². The number of amides is 1. The second kappa shape index (κ2) is 12.6. The van der Waals surface area contributed by atoms with Crippen molar-refractivity contribution >= 4 is 40.4 Å². The van der Waals surface area contributed by atoms with Crippen LogP contribution >= 0.6 is 0 Å². The highest BCUT2D eigenvalue weighted by Gasteiger charge is 2.40. The Morgan fingerprint density at radius 1 is 1.09 bits per heavy atom. The van der Waals surface area contributed by atoms with E-state index in [0.29, 0.717) is 30.0 Å². The summed E-state index contributed by atoms with van der Waals surface area (Å²) in [6, 6.07) is 7.92. The molecule has 45 heavy (non-hydrogen) atoms. The Balaban J connectivity index is 1.37. The molecule has 1 amide bonds. The Kier molecular flexibility index (Phi) is 8.63. The van der Waals surface area contributed by atoms with Gasteiger partial charge in [-0.25, -0.2) is 4.79 Å². The van der Waals surface area contributed by atoms with Crippen LogP contribution < -0.4 is 20.3 Å². The number of rotatable bonds is 10. The van der Waals surface area contributed by atoms with Crippen LogP contribution in [-0.4, -0.2) is 96.3 Å². The quantitative estimate of drug-likeness (QED) is 0.0983. The monoisotopic (exact) mass is 621 g/mol. The number of nitrogens with one attached hydrogen (secondary N) is 2. The van der Waals surface area contributed by atoms with Gasteiger partial charge in [0.05, 0.1) is 58.3 Å². The van der Waals surface area contributed by atoms with Crippen molar-refractivity contribution in [2.24, 2.45) is 0 Å². The predicted molar refractivity (Wildman–Crippen MR) is 162 cm³/mol. The van der Waals surface area contributed by atoms with Crippen molar-refractivity contribution in [1.29, 1.82) is 0 Å². The van der Waals surface area contributed by atoms with Gasteiger partial charge in [-0.1, -0.05) is 0 Å². The number of β-amino-alcohol motifs (C(OH)–C–C–N with tert-alkyl or cyclic N) is 1. The zero-order valence-electron chi connectivity index (χ0n) is 24.5. The number of hydrogen-bond acceptors (Lipinski definition) is 13. The van der Waals surface area contributed by atoms with Crippen LogP contribution in [0.5, 0.6) is 17.2 Å². The molecule has 0 radical (unpaired) electrons. The molecule has 0 spiro atoms. The molecule has 0 saturated carbocycles. The molecule has 0 fully saturated rings. The predicted octanol–water partition coefficient (Wildman–Crippen LogP) is 2.69. The van der Waals surface area contributed by atoms with Crippen molar-refractivity contribution in [2.75, 3.05) is 69.0 Å². The first-order valence-electron chi connectivity index (χ1n) is 13.9. The lowest BCUT2D eigenvalue weighted by molar-refractivity contribution is -0.384. The first-order valence-corrected chi connectivity index (χ1v) is 13.9. The van der Waals surface area contributed by atoms with Gasteiger partial charge in [-0.2, -0.15) is 0 Å². The number of phenols is 2. The summed E-state index contributed by atoms with van der Waals surface area (Å²) in [5.41, 5.74) is 0.903. The molecule has 3 aromatic carbocycles. The number of non-ortho nitro benzene ring substituents is 1. The maximum atomic E-state index is 13.8. The van der Waals surface area contributed by atoms with Crippen molar-refractivity contribution in [2.45, 2.75) is 6.61 Å². The topological polar surface area (TPSA) is 204 Å². The van der Waals surface area contributed by atoms with Gasteiger partial charge in [0.25, 0.3) is 5.69 Å². The lowest BCUT2D eigenvalue weighted by Gasteiger charge is -2.35. The van der Waals surface area contributed by atoms with E-state index in [4.69, 9.17) is 9.47 Å². The number of aliphatic hydroxyl groups excluding tert-OH is 1. The number of aromatic hydroxyl groups is 2. The van der Waals surface area contributed by atoms with Crippen LogP contribution in [0.15, 0.2) is 36.4 Å². The fourth-order valence-electron chi connectivity index (χ4n) is 5.44. The van der Waals surface area contributed by atoms with Gasteiger partial charge >= 0.3 is 6.09 Å². The summed E-state index contributed by atoms with van der Waals surface area (Å²) in [6.45, 7) is 1.09. The molecule has 3 aromatic rings. The molecule has 1 aliphatic heterocycles. The first kappa shape index (κ1) is 30.9. The number of fused-ring (bicyclic) bond motifs is 4. The molecule has 2 aliphatic rings. The van der Waals surface area contributed by atoms with Gasteiger partial charge < -0.3 is 45.2 Å². The molecule has 0 aromatic heterocycles. The van der Waals surface area contributed by atoms with E-state index in [1.54, 1.807) is 6.07 Å². The normalized spacial score (nSPS) is 13.3. The Morgan fingerprint density at radius 2 is 1.78 bits per heavy atom. The summed E-state index contributed by atoms with van der Waals surface area (Å²) in [7, 11) is 2.85. The number of nitro benzene ring substituents is 1. The molecular formula is C30H31N5O10. The van der Waals surface area contributed by atoms with Crippen molar-refractivity contribution in [3.8, 4) is 17.2 Å². The molecule has 1 heterocycles. The minimum absolute atomic E-state index is 0.000920. The minimum Gasteiger partial charge on any atom is -0.507 e. The summed E-state index contributed by atoms with van der Waals surface area (Å²) in [5.74, 6) is -1.99. The average molecular weight is 622 g/mol. The smallest absolute Gasteiger partial charge is 0.409 e. The Hall–Kier alpha value is -5.57. The standard InChI is InChI=1S/C30H31N5O10/c1-33(30(41)45-15-16-3-4-17(35(42)43)13-22(16)44-2)9-7-31-18-14-19-27(32-8-10-34(19)11-12-36)26-23(18)28(39)24-20(37)5-6-21(38)25(24)29(26)40/h3-6,13-14,31-32,36-38H,7-12,15H2,1-2H3. The third-order valence-electron chi connectivity index (χ3n) is 7.68. The summed E-state index contributed by atoms with van der Waals surface area (Å²) >= 11 is 0. The summed E-state index contributed by atoms with van der Waals surface area (Å²) < 4.78 is 10.5. The van der Waals surface area contributed by atoms with Crippen LogP contribution in [0.1, 0.15) is 37.4 Å². The third kappa shape index (κ3) is 5.72. The number of nitrogens with zero attached hydrogens (tertiary/aromatic N) is 3. The van der Waals surface area contributed by atoms with E-state index >= 15 is 0 Å². The van der Waals surface area contributed by atoms with Crippen molar-refractivity contribution < 1.29 is 44.1 Å².